The van der Waals surface area contributed by atoms with E-state index in [1.807, 2.05) is 0 Å². The summed E-state index contributed by atoms with van der Waals surface area (Å²) >= 11 is 0. The number of aromatic carboxylic acids is 1. The van der Waals surface area contributed by atoms with Gasteiger partial charge in [0.05, 0.1) is 23.4 Å². The molecule has 1 aromatic carbocycles. The number of rotatable bonds is 6. The number of carboxylic acids is 1. The molecular formula is C11H14N4O4S. The zero-order valence-corrected chi connectivity index (χ0v) is 11.6. The highest BCUT2D eigenvalue weighted by Crippen LogP contribution is 2.13. The maximum Gasteiger partial charge on any atom is 0.335 e. The number of nitrogens with zero attached hydrogens (tertiary/aromatic N) is 3. The summed E-state index contributed by atoms with van der Waals surface area (Å²) in [4.78, 5) is 10.9. The van der Waals surface area contributed by atoms with Crippen LogP contribution < -0.4 is 4.72 Å². The Kier molecular flexibility index (Phi) is 4.00. The third-order valence-corrected chi connectivity index (χ3v) is 4.15. The van der Waals surface area contributed by atoms with Gasteiger partial charge in [0.25, 0.3) is 0 Å². The fourth-order valence-electron chi connectivity index (χ4n) is 1.76. The lowest BCUT2D eigenvalue weighted by Gasteiger charge is -2.05. The molecule has 2 rings (SSSR count). The molecule has 0 aliphatic carbocycles. The monoisotopic (exact) mass is 298 g/mol. The number of benzene rings is 1. The first-order chi connectivity index (χ1) is 9.43. The number of aromatic nitrogens is 3. The Labute approximate surface area is 115 Å². The van der Waals surface area contributed by atoms with Crippen molar-refractivity contribution in [3.05, 3.63) is 23.8 Å². The number of carboxylic acid groups (broad SMARTS) is 1. The minimum Gasteiger partial charge on any atom is -0.478 e. The van der Waals surface area contributed by atoms with Gasteiger partial charge in [0, 0.05) is 6.54 Å². The Morgan fingerprint density at radius 1 is 1.45 bits per heavy atom. The average molecular weight is 298 g/mol. The lowest BCUT2D eigenvalue weighted by Crippen LogP contribution is -2.28. The number of aryl methyl sites for hydroxylation is 1. The molecule has 2 aromatic rings. The van der Waals surface area contributed by atoms with E-state index in [1.54, 1.807) is 13.0 Å². The Morgan fingerprint density at radius 2 is 2.20 bits per heavy atom. The van der Waals surface area contributed by atoms with Crippen molar-refractivity contribution in [2.24, 2.45) is 0 Å². The highest BCUT2D eigenvalue weighted by Gasteiger charge is 2.13. The van der Waals surface area contributed by atoms with Crippen LogP contribution in [0.4, 0.5) is 0 Å². The van der Waals surface area contributed by atoms with Gasteiger partial charge in [-0.25, -0.2) is 22.6 Å². The molecule has 0 radical (unpaired) electrons. The molecule has 1 heterocycles. The van der Waals surface area contributed by atoms with E-state index >= 15 is 0 Å². The summed E-state index contributed by atoms with van der Waals surface area (Å²) in [6.45, 7) is 2.13. The lowest BCUT2D eigenvalue weighted by molar-refractivity contribution is 0.0697. The minimum absolute atomic E-state index is 0.106. The Bertz CT molecular complexity index is 738. The normalized spacial score (nSPS) is 11.8. The predicted octanol–water partition coefficient (Wildman–Crippen LogP) is 0.0688. The first-order valence-electron chi connectivity index (χ1n) is 5.97. The fraction of sp³-hybridized carbons (Fsp3) is 0.364. The van der Waals surface area contributed by atoms with Crippen LogP contribution in [0.3, 0.4) is 0 Å². The van der Waals surface area contributed by atoms with Gasteiger partial charge >= 0.3 is 5.97 Å². The van der Waals surface area contributed by atoms with Crippen molar-refractivity contribution < 1.29 is 18.3 Å². The second-order valence-electron chi connectivity index (χ2n) is 4.14. The van der Waals surface area contributed by atoms with Gasteiger partial charge in [-0.05, 0) is 18.2 Å². The van der Waals surface area contributed by atoms with E-state index in [0.717, 1.165) is 0 Å². The molecule has 0 spiro atoms. The van der Waals surface area contributed by atoms with Crippen LogP contribution in [0, 0.1) is 0 Å². The third kappa shape index (κ3) is 3.11. The van der Waals surface area contributed by atoms with Crippen molar-refractivity contribution in [3.63, 3.8) is 0 Å². The number of nitrogens with one attached hydrogen (secondary N) is 1. The summed E-state index contributed by atoms with van der Waals surface area (Å²) in [6.07, 6.45) is 0. The van der Waals surface area contributed by atoms with Crippen molar-refractivity contribution >= 4 is 27.0 Å². The topological polar surface area (TPSA) is 114 Å². The Hall–Kier alpha value is -2.00. The largest absolute Gasteiger partial charge is 0.478 e. The fourth-order valence-corrected chi connectivity index (χ4v) is 2.76. The Balaban J connectivity index is 2.26. The van der Waals surface area contributed by atoms with Gasteiger partial charge in [-0.3, -0.25) is 0 Å². The summed E-state index contributed by atoms with van der Waals surface area (Å²) in [5, 5.41) is 16.7. The maximum atomic E-state index is 11.6. The van der Waals surface area contributed by atoms with Crippen molar-refractivity contribution in [3.8, 4) is 0 Å². The molecule has 8 nitrogen and oxygen atoms in total. The number of fused-ring (bicyclic) bond motifs is 1. The summed E-state index contributed by atoms with van der Waals surface area (Å²) in [6, 6.07) is 4.40. The van der Waals surface area contributed by atoms with Crippen LogP contribution >= 0.6 is 0 Å². The molecule has 0 aliphatic rings. The third-order valence-electron chi connectivity index (χ3n) is 2.70. The molecule has 20 heavy (non-hydrogen) atoms. The number of carbonyl (C=O) groups is 1. The molecule has 0 saturated carbocycles. The van der Waals surface area contributed by atoms with E-state index in [1.165, 1.54) is 16.8 Å². The zero-order valence-electron chi connectivity index (χ0n) is 10.8. The highest BCUT2D eigenvalue weighted by molar-refractivity contribution is 7.89. The standard InChI is InChI=1S/C11H14N4O4S/c1-2-12-20(18,19)6-5-15-10-7-8(11(16)17)3-4-9(10)13-14-15/h3-4,7,12H,2,5-6H2,1H3,(H,16,17). The zero-order chi connectivity index (χ0) is 14.8. The molecular weight excluding hydrogens is 284 g/mol. The molecule has 108 valence electrons. The van der Waals surface area contributed by atoms with Gasteiger partial charge in [-0.2, -0.15) is 0 Å². The van der Waals surface area contributed by atoms with Crippen LogP contribution in [0.2, 0.25) is 0 Å². The van der Waals surface area contributed by atoms with Crippen LogP contribution in [0.15, 0.2) is 18.2 Å². The van der Waals surface area contributed by atoms with Gasteiger partial charge in [-0.15, -0.1) is 5.10 Å². The van der Waals surface area contributed by atoms with E-state index in [4.69, 9.17) is 5.11 Å². The Morgan fingerprint density at radius 3 is 2.85 bits per heavy atom. The molecule has 0 aliphatic heterocycles. The van der Waals surface area contributed by atoms with Crippen molar-refractivity contribution in [1.29, 1.82) is 0 Å². The van der Waals surface area contributed by atoms with Crippen molar-refractivity contribution in [2.75, 3.05) is 12.3 Å². The molecule has 2 N–H and O–H groups in total. The SMILES string of the molecule is CCNS(=O)(=O)CCn1nnc2ccc(C(=O)O)cc21. The van der Waals surface area contributed by atoms with Crippen LogP contribution in [0.5, 0.6) is 0 Å². The van der Waals surface area contributed by atoms with E-state index < -0.39 is 16.0 Å². The van der Waals surface area contributed by atoms with Crippen molar-refractivity contribution in [1.82, 2.24) is 19.7 Å². The number of hydrogen-bond donors (Lipinski definition) is 2. The molecule has 0 amide bonds. The van der Waals surface area contributed by atoms with Crippen LogP contribution in [-0.2, 0) is 16.6 Å². The number of sulfonamides is 1. The average Bonchev–Trinajstić information content (AvgIpc) is 2.78. The van der Waals surface area contributed by atoms with Crippen LogP contribution in [0.1, 0.15) is 17.3 Å². The molecule has 0 saturated heterocycles. The van der Waals surface area contributed by atoms with Gasteiger partial charge in [-0.1, -0.05) is 12.1 Å². The highest BCUT2D eigenvalue weighted by atomic mass is 32.2. The smallest absolute Gasteiger partial charge is 0.335 e. The van der Waals surface area contributed by atoms with E-state index in [-0.39, 0.29) is 17.9 Å². The van der Waals surface area contributed by atoms with Crippen molar-refractivity contribution in [2.45, 2.75) is 13.5 Å². The van der Waals surface area contributed by atoms with Crippen LogP contribution in [-0.4, -0.2) is 46.8 Å². The first-order valence-corrected chi connectivity index (χ1v) is 7.62. The second kappa shape index (κ2) is 5.55. The quantitative estimate of drug-likeness (QED) is 0.780. The second-order valence-corrected chi connectivity index (χ2v) is 6.06. The van der Waals surface area contributed by atoms with Gasteiger partial charge < -0.3 is 5.11 Å². The minimum atomic E-state index is -3.36. The maximum absolute atomic E-state index is 11.6. The summed E-state index contributed by atoms with van der Waals surface area (Å²) in [5.74, 6) is -1.20. The lowest BCUT2D eigenvalue weighted by atomic mass is 10.2. The van der Waals surface area contributed by atoms with E-state index in [0.29, 0.717) is 17.6 Å². The van der Waals surface area contributed by atoms with E-state index in [2.05, 4.69) is 15.0 Å². The van der Waals surface area contributed by atoms with Gasteiger partial charge in [0.1, 0.15) is 5.52 Å². The van der Waals surface area contributed by atoms with Gasteiger partial charge in [0.15, 0.2) is 0 Å². The molecule has 0 atom stereocenters. The summed E-state index contributed by atoms with van der Waals surface area (Å²) < 4.78 is 26.9. The molecule has 0 unspecified atom stereocenters. The molecule has 0 fully saturated rings. The van der Waals surface area contributed by atoms with Gasteiger partial charge in [0.2, 0.25) is 10.0 Å². The van der Waals surface area contributed by atoms with Crippen LogP contribution in [0.25, 0.3) is 11.0 Å². The molecule has 0 bridgehead atoms. The summed E-state index contributed by atoms with van der Waals surface area (Å²) in [7, 11) is -3.36. The first kappa shape index (κ1) is 14.4. The summed E-state index contributed by atoms with van der Waals surface area (Å²) in [5.41, 5.74) is 1.13. The van der Waals surface area contributed by atoms with E-state index in [9.17, 15) is 13.2 Å². The number of hydrogen-bond acceptors (Lipinski definition) is 5. The molecule has 1 aromatic heterocycles. The predicted molar refractivity (Wildman–Crippen MR) is 72.0 cm³/mol. The molecule has 9 heteroatoms.